The van der Waals surface area contributed by atoms with Crippen molar-refractivity contribution >= 4 is 28.9 Å². The molecule has 0 unspecified atom stereocenters. The lowest BCUT2D eigenvalue weighted by molar-refractivity contribution is -0.384. The van der Waals surface area contributed by atoms with Crippen molar-refractivity contribution in [2.24, 2.45) is 0 Å². The summed E-state index contributed by atoms with van der Waals surface area (Å²) in [6, 6.07) is 9.99. The molecular formula is C19H20ClN3O4. The van der Waals surface area contributed by atoms with Crippen molar-refractivity contribution in [1.82, 2.24) is 4.90 Å². The van der Waals surface area contributed by atoms with Crippen LogP contribution in [0.25, 0.3) is 0 Å². The molecule has 1 fully saturated rings. The van der Waals surface area contributed by atoms with Crippen molar-refractivity contribution in [2.75, 3.05) is 38.2 Å². The zero-order valence-corrected chi connectivity index (χ0v) is 15.9. The lowest BCUT2D eigenvalue weighted by Crippen LogP contribution is -2.49. The second-order valence-electron chi connectivity index (χ2n) is 6.36. The molecule has 142 valence electrons. The maximum atomic E-state index is 12.7. The number of benzene rings is 2. The third kappa shape index (κ3) is 3.98. The first-order chi connectivity index (χ1) is 12.9. The summed E-state index contributed by atoms with van der Waals surface area (Å²) in [5.41, 5.74) is 2.11. The number of nitrogens with zero attached hydrogens (tertiary/aromatic N) is 3. The van der Waals surface area contributed by atoms with Crippen molar-refractivity contribution in [3.05, 3.63) is 62.7 Å². The molecule has 2 aromatic carbocycles. The highest BCUT2D eigenvalue weighted by atomic mass is 35.5. The molecule has 0 aromatic heterocycles. The number of nitro groups is 1. The van der Waals surface area contributed by atoms with E-state index in [1.807, 2.05) is 6.92 Å². The average molecular weight is 390 g/mol. The van der Waals surface area contributed by atoms with Gasteiger partial charge in [-0.3, -0.25) is 14.9 Å². The molecule has 0 bridgehead atoms. The first-order valence-corrected chi connectivity index (χ1v) is 8.91. The summed E-state index contributed by atoms with van der Waals surface area (Å²) in [6.07, 6.45) is 0. The van der Waals surface area contributed by atoms with Crippen LogP contribution in [-0.4, -0.2) is 49.0 Å². The Morgan fingerprint density at radius 3 is 2.48 bits per heavy atom. The summed E-state index contributed by atoms with van der Waals surface area (Å²) in [4.78, 5) is 27.1. The molecule has 0 N–H and O–H groups in total. The third-order valence-electron chi connectivity index (χ3n) is 4.65. The lowest BCUT2D eigenvalue weighted by Gasteiger charge is -2.37. The molecule has 0 radical (unpaired) electrons. The van der Waals surface area contributed by atoms with Gasteiger partial charge in [0.05, 0.1) is 22.7 Å². The molecule has 0 saturated carbocycles. The summed E-state index contributed by atoms with van der Waals surface area (Å²) in [5, 5.41) is 11.3. The van der Waals surface area contributed by atoms with Gasteiger partial charge < -0.3 is 14.5 Å². The fraction of sp³-hybridized carbons (Fsp3) is 0.316. The fourth-order valence-electron chi connectivity index (χ4n) is 3.30. The van der Waals surface area contributed by atoms with Crippen molar-refractivity contribution < 1.29 is 14.5 Å². The largest absolute Gasteiger partial charge is 0.497 e. The molecule has 1 aliphatic heterocycles. The summed E-state index contributed by atoms with van der Waals surface area (Å²) in [6.45, 7) is 4.11. The van der Waals surface area contributed by atoms with E-state index in [0.29, 0.717) is 42.5 Å². The van der Waals surface area contributed by atoms with Crippen molar-refractivity contribution in [3.63, 3.8) is 0 Å². The van der Waals surface area contributed by atoms with Crippen molar-refractivity contribution in [1.29, 1.82) is 0 Å². The molecule has 1 aliphatic rings. The standard InChI is InChI=1S/C19H20ClN3O4/c1-13-10-15(23(25)26)12-17(20)18(13)21-6-8-22(9-7-21)19(24)14-4-3-5-16(11-14)27-2/h3-5,10-12H,6-9H2,1-2H3. The monoisotopic (exact) mass is 389 g/mol. The van der Waals surface area contributed by atoms with Crippen LogP contribution in [-0.2, 0) is 0 Å². The van der Waals surface area contributed by atoms with E-state index in [9.17, 15) is 14.9 Å². The number of rotatable bonds is 4. The number of hydrogen-bond donors (Lipinski definition) is 0. The first kappa shape index (κ1) is 19.0. The number of ether oxygens (including phenoxy) is 1. The number of halogens is 1. The highest BCUT2D eigenvalue weighted by Gasteiger charge is 2.25. The summed E-state index contributed by atoms with van der Waals surface area (Å²) in [7, 11) is 1.57. The first-order valence-electron chi connectivity index (χ1n) is 8.53. The van der Waals surface area contributed by atoms with Gasteiger partial charge in [-0.1, -0.05) is 17.7 Å². The van der Waals surface area contributed by atoms with Crippen LogP contribution in [0.5, 0.6) is 5.75 Å². The molecule has 0 aliphatic carbocycles. The second kappa shape index (κ2) is 7.84. The summed E-state index contributed by atoms with van der Waals surface area (Å²) < 4.78 is 5.18. The Balaban J connectivity index is 1.72. The number of hydrogen-bond acceptors (Lipinski definition) is 5. The molecule has 7 nitrogen and oxygen atoms in total. The Bertz CT molecular complexity index is 856. The zero-order chi connectivity index (χ0) is 19.6. The van der Waals surface area contributed by atoms with Gasteiger partial charge in [0.25, 0.3) is 11.6 Å². The molecule has 1 amide bonds. The molecule has 1 heterocycles. The lowest BCUT2D eigenvalue weighted by atomic mass is 10.1. The van der Waals surface area contributed by atoms with Crippen LogP contribution >= 0.6 is 11.6 Å². The van der Waals surface area contributed by atoms with Gasteiger partial charge >= 0.3 is 0 Å². The molecule has 8 heteroatoms. The van der Waals surface area contributed by atoms with E-state index < -0.39 is 4.92 Å². The van der Waals surface area contributed by atoms with Crippen LogP contribution in [0, 0.1) is 17.0 Å². The van der Waals surface area contributed by atoms with Crippen LogP contribution in [0.15, 0.2) is 36.4 Å². The number of nitro benzene ring substituents is 1. The normalized spacial score (nSPS) is 14.2. The Kier molecular flexibility index (Phi) is 5.51. The van der Waals surface area contributed by atoms with E-state index in [-0.39, 0.29) is 11.6 Å². The van der Waals surface area contributed by atoms with Crippen LogP contribution < -0.4 is 9.64 Å². The molecule has 27 heavy (non-hydrogen) atoms. The predicted molar refractivity (Wildman–Crippen MR) is 104 cm³/mol. The number of amides is 1. The summed E-state index contributed by atoms with van der Waals surface area (Å²) in [5.74, 6) is 0.604. The summed E-state index contributed by atoms with van der Waals surface area (Å²) >= 11 is 6.30. The number of methoxy groups -OCH3 is 1. The minimum Gasteiger partial charge on any atom is -0.497 e. The quantitative estimate of drug-likeness (QED) is 0.590. The minimum atomic E-state index is -0.451. The number of aryl methyl sites for hydroxylation is 1. The predicted octanol–water partition coefficient (Wildman–Crippen LogP) is 3.53. The highest BCUT2D eigenvalue weighted by molar-refractivity contribution is 6.33. The Morgan fingerprint density at radius 1 is 1.19 bits per heavy atom. The second-order valence-corrected chi connectivity index (χ2v) is 6.77. The Labute approximate surface area is 162 Å². The molecule has 2 aromatic rings. The maximum absolute atomic E-state index is 12.7. The van der Waals surface area contributed by atoms with Gasteiger partial charge in [0.2, 0.25) is 0 Å². The topological polar surface area (TPSA) is 75.9 Å². The van der Waals surface area contributed by atoms with Crippen LogP contribution in [0.1, 0.15) is 15.9 Å². The van der Waals surface area contributed by atoms with Gasteiger partial charge in [0.1, 0.15) is 5.75 Å². The van der Waals surface area contributed by atoms with Gasteiger partial charge in [-0.15, -0.1) is 0 Å². The minimum absolute atomic E-state index is 0.0203. The van der Waals surface area contributed by atoms with Gasteiger partial charge in [-0.05, 0) is 30.7 Å². The Hall–Kier alpha value is -2.80. The number of non-ortho nitro benzene ring substituents is 1. The SMILES string of the molecule is COc1cccc(C(=O)N2CCN(c3c(C)cc([N+](=O)[O-])cc3Cl)CC2)c1. The zero-order valence-electron chi connectivity index (χ0n) is 15.1. The maximum Gasteiger partial charge on any atom is 0.271 e. The number of anilines is 1. The van der Waals surface area contributed by atoms with Crippen LogP contribution in [0.3, 0.4) is 0 Å². The van der Waals surface area contributed by atoms with Gasteiger partial charge in [0.15, 0.2) is 0 Å². The van der Waals surface area contributed by atoms with Gasteiger partial charge in [-0.2, -0.15) is 0 Å². The molecular weight excluding hydrogens is 370 g/mol. The fourth-order valence-corrected chi connectivity index (χ4v) is 3.68. The third-order valence-corrected chi connectivity index (χ3v) is 4.94. The van der Waals surface area contributed by atoms with Crippen LogP contribution in [0.4, 0.5) is 11.4 Å². The molecule has 1 saturated heterocycles. The van der Waals surface area contributed by atoms with Crippen LogP contribution in [0.2, 0.25) is 5.02 Å². The van der Waals surface area contributed by atoms with Crippen molar-refractivity contribution in [2.45, 2.75) is 6.92 Å². The van der Waals surface area contributed by atoms with E-state index in [0.717, 1.165) is 11.3 Å². The van der Waals surface area contributed by atoms with E-state index in [1.54, 1.807) is 36.3 Å². The smallest absolute Gasteiger partial charge is 0.271 e. The van der Waals surface area contributed by atoms with Gasteiger partial charge in [-0.25, -0.2) is 0 Å². The van der Waals surface area contributed by atoms with E-state index in [2.05, 4.69) is 4.90 Å². The number of carbonyl (C=O) groups is 1. The van der Waals surface area contributed by atoms with Gasteiger partial charge in [0, 0.05) is 43.9 Å². The number of piperazine rings is 1. The van der Waals surface area contributed by atoms with E-state index in [4.69, 9.17) is 16.3 Å². The van der Waals surface area contributed by atoms with E-state index in [1.165, 1.54) is 12.1 Å². The molecule has 0 atom stereocenters. The Morgan fingerprint density at radius 2 is 1.89 bits per heavy atom. The molecule has 3 rings (SSSR count). The highest BCUT2D eigenvalue weighted by Crippen LogP contribution is 2.34. The van der Waals surface area contributed by atoms with E-state index >= 15 is 0 Å². The van der Waals surface area contributed by atoms with Crippen molar-refractivity contribution in [3.8, 4) is 5.75 Å². The number of carbonyl (C=O) groups excluding carboxylic acids is 1. The molecule has 0 spiro atoms. The average Bonchev–Trinajstić information content (AvgIpc) is 2.67.